The summed E-state index contributed by atoms with van der Waals surface area (Å²) in [4.78, 5) is 0. The number of rotatable bonds is 17. The first-order valence-electron chi connectivity index (χ1n) is 9.74. The molecular formula is C20H35NO6S. The zero-order valence-electron chi connectivity index (χ0n) is 17.3. The second kappa shape index (κ2) is 14.9. The highest BCUT2D eigenvalue weighted by atomic mass is 32.2. The van der Waals surface area contributed by atoms with E-state index in [1.807, 2.05) is 13.1 Å². The SMILES string of the molecule is CN[C@@H](C)[C@H](CCCOCCOCCOCCOS(C)(=O)=O)c1ccccc1. The number of ether oxygens (including phenoxy) is 3. The molecule has 7 nitrogen and oxygen atoms in total. The highest BCUT2D eigenvalue weighted by Gasteiger charge is 2.17. The van der Waals surface area contributed by atoms with E-state index in [0.717, 1.165) is 19.1 Å². The third kappa shape index (κ3) is 12.4. The van der Waals surface area contributed by atoms with Gasteiger partial charge in [-0.15, -0.1) is 0 Å². The lowest BCUT2D eigenvalue weighted by molar-refractivity contribution is 0.00898. The number of benzene rings is 1. The van der Waals surface area contributed by atoms with Gasteiger partial charge in [0.05, 0.1) is 45.9 Å². The molecule has 1 aromatic carbocycles. The fourth-order valence-electron chi connectivity index (χ4n) is 2.80. The summed E-state index contributed by atoms with van der Waals surface area (Å²) in [5, 5.41) is 3.35. The van der Waals surface area contributed by atoms with Crippen LogP contribution in [0, 0.1) is 0 Å². The Hall–Kier alpha value is -1.03. The summed E-state index contributed by atoms with van der Waals surface area (Å²) in [6, 6.07) is 11.0. The Balaban J connectivity index is 2.00. The van der Waals surface area contributed by atoms with Crippen LogP contribution in [0.3, 0.4) is 0 Å². The van der Waals surface area contributed by atoms with Gasteiger partial charge in [-0.3, -0.25) is 4.18 Å². The van der Waals surface area contributed by atoms with Crippen molar-refractivity contribution in [1.29, 1.82) is 0 Å². The maximum absolute atomic E-state index is 10.8. The normalized spacial score (nSPS) is 14.1. The third-order valence-electron chi connectivity index (χ3n) is 4.36. The van der Waals surface area contributed by atoms with E-state index < -0.39 is 10.1 Å². The fourth-order valence-corrected chi connectivity index (χ4v) is 3.17. The van der Waals surface area contributed by atoms with E-state index in [1.54, 1.807) is 0 Å². The molecule has 162 valence electrons. The van der Waals surface area contributed by atoms with E-state index in [2.05, 4.69) is 40.7 Å². The highest BCUT2D eigenvalue weighted by Crippen LogP contribution is 2.24. The predicted molar refractivity (Wildman–Crippen MR) is 110 cm³/mol. The summed E-state index contributed by atoms with van der Waals surface area (Å²) in [6.45, 7) is 5.07. The highest BCUT2D eigenvalue weighted by molar-refractivity contribution is 7.85. The lowest BCUT2D eigenvalue weighted by Gasteiger charge is -2.24. The van der Waals surface area contributed by atoms with Crippen LogP contribution in [0.2, 0.25) is 0 Å². The van der Waals surface area contributed by atoms with E-state index in [4.69, 9.17) is 14.2 Å². The average molecular weight is 418 g/mol. The molecule has 0 fully saturated rings. The van der Waals surface area contributed by atoms with E-state index in [0.29, 0.717) is 45.0 Å². The minimum Gasteiger partial charge on any atom is -0.379 e. The summed E-state index contributed by atoms with van der Waals surface area (Å²) >= 11 is 0. The molecule has 0 aliphatic rings. The first-order valence-corrected chi connectivity index (χ1v) is 11.6. The van der Waals surface area contributed by atoms with Crippen LogP contribution in [0.5, 0.6) is 0 Å². The topological polar surface area (TPSA) is 83.1 Å². The lowest BCUT2D eigenvalue weighted by atomic mass is 9.88. The van der Waals surface area contributed by atoms with E-state index in [9.17, 15) is 8.42 Å². The third-order valence-corrected chi connectivity index (χ3v) is 4.95. The van der Waals surface area contributed by atoms with Gasteiger partial charge < -0.3 is 19.5 Å². The Bertz CT molecular complexity index is 596. The van der Waals surface area contributed by atoms with Crippen LogP contribution in [0.4, 0.5) is 0 Å². The van der Waals surface area contributed by atoms with Gasteiger partial charge in [-0.05, 0) is 38.3 Å². The lowest BCUT2D eigenvalue weighted by Crippen LogP contribution is -2.29. The summed E-state index contributed by atoms with van der Waals surface area (Å²) in [5.74, 6) is 0.467. The van der Waals surface area contributed by atoms with Crippen LogP contribution >= 0.6 is 0 Å². The molecule has 2 atom stereocenters. The molecule has 0 saturated heterocycles. The van der Waals surface area contributed by atoms with Gasteiger partial charge in [0.25, 0.3) is 10.1 Å². The van der Waals surface area contributed by atoms with Crippen molar-refractivity contribution in [2.75, 3.05) is 59.6 Å². The van der Waals surface area contributed by atoms with E-state index >= 15 is 0 Å². The summed E-state index contributed by atoms with van der Waals surface area (Å²) in [6.07, 6.45) is 3.07. The van der Waals surface area contributed by atoms with Crippen LogP contribution in [-0.2, 0) is 28.5 Å². The monoisotopic (exact) mass is 417 g/mol. The molecule has 1 N–H and O–H groups in total. The minimum absolute atomic E-state index is 0.0259. The molecule has 0 aliphatic heterocycles. The van der Waals surface area contributed by atoms with Crippen molar-refractivity contribution < 1.29 is 26.8 Å². The van der Waals surface area contributed by atoms with Gasteiger partial charge >= 0.3 is 0 Å². The van der Waals surface area contributed by atoms with Crippen molar-refractivity contribution in [2.45, 2.75) is 31.7 Å². The molecule has 0 aromatic heterocycles. The van der Waals surface area contributed by atoms with Crippen LogP contribution in [0.15, 0.2) is 30.3 Å². The molecule has 0 spiro atoms. The van der Waals surface area contributed by atoms with Crippen LogP contribution < -0.4 is 5.32 Å². The summed E-state index contributed by atoms with van der Waals surface area (Å²) in [5.41, 5.74) is 1.36. The van der Waals surface area contributed by atoms with Gasteiger partial charge in [0, 0.05) is 12.6 Å². The molecule has 0 bridgehead atoms. The van der Waals surface area contributed by atoms with Gasteiger partial charge in [-0.2, -0.15) is 8.42 Å². The standard InChI is InChI=1S/C20H35NO6S/c1-18(21-2)20(19-8-5-4-6-9-19)10-7-11-24-12-13-25-14-15-26-16-17-27-28(3,22)23/h4-6,8-9,18,20-21H,7,10-17H2,1-3H3/t18-,20-/m0/s1. The molecule has 0 saturated carbocycles. The first-order chi connectivity index (χ1) is 13.4. The molecular weight excluding hydrogens is 382 g/mol. The van der Waals surface area contributed by atoms with Crippen LogP contribution in [0.1, 0.15) is 31.2 Å². The van der Waals surface area contributed by atoms with Crippen LogP contribution in [0.25, 0.3) is 0 Å². The second-order valence-corrected chi connectivity index (χ2v) is 8.24. The van der Waals surface area contributed by atoms with Gasteiger partial charge in [0.2, 0.25) is 0 Å². The molecule has 0 amide bonds. The Morgan fingerprint density at radius 2 is 1.43 bits per heavy atom. The second-order valence-electron chi connectivity index (χ2n) is 6.60. The molecule has 0 aliphatic carbocycles. The Morgan fingerprint density at radius 1 is 0.893 bits per heavy atom. The first kappa shape index (κ1) is 25.0. The molecule has 1 aromatic rings. The molecule has 0 radical (unpaired) electrons. The molecule has 28 heavy (non-hydrogen) atoms. The van der Waals surface area contributed by atoms with Crippen molar-refractivity contribution in [3.63, 3.8) is 0 Å². The molecule has 1 rings (SSSR count). The van der Waals surface area contributed by atoms with Gasteiger partial charge in [0.15, 0.2) is 0 Å². The van der Waals surface area contributed by atoms with Crippen molar-refractivity contribution in [1.82, 2.24) is 5.32 Å². The Kier molecular flexibility index (Phi) is 13.3. The van der Waals surface area contributed by atoms with Crippen molar-refractivity contribution >= 4 is 10.1 Å². The van der Waals surface area contributed by atoms with E-state index in [-0.39, 0.29) is 13.2 Å². The minimum atomic E-state index is -3.40. The predicted octanol–water partition coefficient (Wildman–Crippen LogP) is 2.18. The average Bonchev–Trinajstić information content (AvgIpc) is 2.67. The van der Waals surface area contributed by atoms with Crippen molar-refractivity contribution in [3.05, 3.63) is 35.9 Å². The zero-order valence-corrected chi connectivity index (χ0v) is 18.1. The zero-order chi connectivity index (χ0) is 20.7. The fraction of sp³-hybridized carbons (Fsp3) is 0.700. The number of likely N-dealkylation sites (N-methyl/N-ethyl adjacent to an activating group) is 1. The maximum atomic E-state index is 10.8. The molecule has 0 heterocycles. The maximum Gasteiger partial charge on any atom is 0.264 e. The van der Waals surface area contributed by atoms with Gasteiger partial charge in [0.1, 0.15) is 0 Å². The Morgan fingerprint density at radius 3 is 1.96 bits per heavy atom. The van der Waals surface area contributed by atoms with Gasteiger partial charge in [-0.1, -0.05) is 30.3 Å². The molecule has 8 heteroatoms. The smallest absolute Gasteiger partial charge is 0.264 e. The Labute approximate surface area is 169 Å². The van der Waals surface area contributed by atoms with E-state index in [1.165, 1.54) is 5.56 Å². The van der Waals surface area contributed by atoms with Crippen molar-refractivity contribution in [3.8, 4) is 0 Å². The quantitative estimate of drug-likeness (QED) is 0.307. The van der Waals surface area contributed by atoms with Crippen LogP contribution in [-0.4, -0.2) is 74.0 Å². The number of nitrogens with one attached hydrogen (secondary N) is 1. The summed E-state index contributed by atoms with van der Waals surface area (Å²) in [7, 11) is -1.40. The summed E-state index contributed by atoms with van der Waals surface area (Å²) < 4.78 is 42.3. The van der Waals surface area contributed by atoms with Crippen molar-refractivity contribution in [2.24, 2.45) is 0 Å². The number of hydrogen-bond donors (Lipinski definition) is 1. The van der Waals surface area contributed by atoms with Gasteiger partial charge in [-0.25, -0.2) is 0 Å². The number of hydrogen-bond acceptors (Lipinski definition) is 7. The molecule has 0 unspecified atom stereocenters. The largest absolute Gasteiger partial charge is 0.379 e.